The molecule has 0 radical (unpaired) electrons. The summed E-state index contributed by atoms with van der Waals surface area (Å²) < 4.78 is 42.6. The van der Waals surface area contributed by atoms with E-state index in [1.807, 2.05) is 0 Å². The number of alkyl halides is 2. The molecule has 1 nitrogen and oxygen atoms in total. The molecule has 0 saturated heterocycles. The van der Waals surface area contributed by atoms with Gasteiger partial charge < -0.3 is 5.73 Å². The van der Waals surface area contributed by atoms with Crippen molar-refractivity contribution in [3.63, 3.8) is 0 Å². The molecule has 1 aromatic heterocycles. The second kappa shape index (κ2) is 5.74. The highest BCUT2D eigenvalue weighted by molar-refractivity contribution is 7.15. The molecule has 0 fully saturated rings. The first-order valence-electron chi connectivity index (χ1n) is 6.98. The van der Waals surface area contributed by atoms with Crippen LogP contribution in [-0.4, -0.2) is 0 Å². The van der Waals surface area contributed by atoms with Crippen LogP contribution in [-0.2, 0) is 5.92 Å². The third-order valence-corrected chi connectivity index (χ3v) is 4.85. The second-order valence-corrected chi connectivity index (χ2v) is 6.40. The van der Waals surface area contributed by atoms with Crippen LogP contribution in [0.4, 0.5) is 18.9 Å². The Kier molecular flexibility index (Phi) is 3.90. The summed E-state index contributed by atoms with van der Waals surface area (Å²) in [5, 5.41) is 0. The monoisotopic (exact) mass is 333 g/mol. The Bertz CT molecular complexity index is 838. The molecular formula is C18H14F3NS. The molecule has 0 spiro atoms. The number of nitrogen functional groups attached to an aromatic ring is 1. The Morgan fingerprint density at radius 3 is 2.35 bits per heavy atom. The smallest absolute Gasteiger partial charge is 0.307 e. The van der Waals surface area contributed by atoms with Crippen LogP contribution in [0.15, 0.2) is 54.6 Å². The molecule has 5 heteroatoms. The molecular weight excluding hydrogens is 319 g/mol. The van der Waals surface area contributed by atoms with Crippen LogP contribution in [0.3, 0.4) is 0 Å². The van der Waals surface area contributed by atoms with Crippen molar-refractivity contribution >= 4 is 17.0 Å². The van der Waals surface area contributed by atoms with E-state index in [1.54, 1.807) is 37.3 Å². The number of hydrogen-bond acceptors (Lipinski definition) is 2. The maximum atomic E-state index is 14.8. The Morgan fingerprint density at radius 1 is 0.957 bits per heavy atom. The Hall–Kier alpha value is -2.27. The van der Waals surface area contributed by atoms with Gasteiger partial charge in [-0.3, -0.25) is 0 Å². The van der Waals surface area contributed by atoms with E-state index in [1.165, 1.54) is 24.3 Å². The summed E-state index contributed by atoms with van der Waals surface area (Å²) in [6, 6.07) is 13.3. The number of halogens is 3. The fourth-order valence-electron chi connectivity index (χ4n) is 2.39. The first-order chi connectivity index (χ1) is 10.9. The lowest BCUT2D eigenvalue weighted by Crippen LogP contribution is -2.15. The van der Waals surface area contributed by atoms with Crippen molar-refractivity contribution in [3.8, 4) is 10.4 Å². The Labute approximate surface area is 136 Å². The summed E-state index contributed by atoms with van der Waals surface area (Å²) in [6.07, 6.45) is 0. The van der Waals surface area contributed by atoms with Crippen LogP contribution < -0.4 is 5.73 Å². The minimum absolute atomic E-state index is 0.0643. The van der Waals surface area contributed by atoms with Crippen molar-refractivity contribution in [2.24, 2.45) is 0 Å². The van der Waals surface area contributed by atoms with E-state index in [2.05, 4.69) is 0 Å². The zero-order chi connectivity index (χ0) is 16.6. The second-order valence-electron chi connectivity index (χ2n) is 5.32. The molecule has 0 saturated carbocycles. The van der Waals surface area contributed by atoms with Crippen molar-refractivity contribution < 1.29 is 13.2 Å². The van der Waals surface area contributed by atoms with Crippen molar-refractivity contribution in [1.82, 2.24) is 0 Å². The summed E-state index contributed by atoms with van der Waals surface area (Å²) in [4.78, 5) is 0.603. The van der Waals surface area contributed by atoms with E-state index >= 15 is 0 Å². The number of hydrogen-bond donors (Lipinski definition) is 1. The van der Waals surface area contributed by atoms with E-state index < -0.39 is 5.92 Å². The summed E-state index contributed by atoms with van der Waals surface area (Å²) in [7, 11) is 0. The van der Waals surface area contributed by atoms with Gasteiger partial charge in [-0.05, 0) is 54.4 Å². The zero-order valence-electron chi connectivity index (χ0n) is 12.3. The molecule has 3 aromatic rings. The van der Waals surface area contributed by atoms with Gasteiger partial charge in [-0.2, -0.15) is 8.78 Å². The van der Waals surface area contributed by atoms with Gasteiger partial charge in [0.15, 0.2) is 0 Å². The summed E-state index contributed by atoms with van der Waals surface area (Å²) >= 11 is 0.995. The molecule has 23 heavy (non-hydrogen) atoms. The minimum Gasteiger partial charge on any atom is -0.399 e. The summed E-state index contributed by atoms with van der Waals surface area (Å²) in [6.45, 7) is 1.64. The fourth-order valence-corrected chi connectivity index (χ4v) is 3.39. The average molecular weight is 333 g/mol. The third kappa shape index (κ3) is 2.97. The summed E-state index contributed by atoms with van der Waals surface area (Å²) in [5.41, 5.74) is 7.06. The van der Waals surface area contributed by atoms with Gasteiger partial charge in [0.1, 0.15) is 5.82 Å². The van der Waals surface area contributed by atoms with Crippen molar-refractivity contribution in [2.45, 2.75) is 12.8 Å². The van der Waals surface area contributed by atoms with Crippen LogP contribution in [0.2, 0.25) is 0 Å². The highest BCUT2D eigenvalue weighted by atomic mass is 32.1. The Morgan fingerprint density at radius 2 is 1.65 bits per heavy atom. The fraction of sp³-hybridized carbons (Fsp3) is 0.111. The molecule has 0 aliphatic heterocycles. The number of anilines is 1. The lowest BCUT2D eigenvalue weighted by Gasteiger charge is -2.18. The van der Waals surface area contributed by atoms with Gasteiger partial charge in [-0.25, -0.2) is 4.39 Å². The molecule has 0 atom stereocenters. The van der Waals surface area contributed by atoms with Gasteiger partial charge in [0.25, 0.3) is 0 Å². The van der Waals surface area contributed by atoms with Crippen molar-refractivity contribution in [2.75, 3.05) is 5.73 Å². The Balaban J connectivity index is 2.01. The van der Waals surface area contributed by atoms with Gasteiger partial charge in [0.05, 0.1) is 4.88 Å². The summed E-state index contributed by atoms with van der Waals surface area (Å²) in [5.74, 6) is -3.48. The van der Waals surface area contributed by atoms with E-state index in [0.717, 1.165) is 11.3 Å². The van der Waals surface area contributed by atoms with Gasteiger partial charge in [-0.1, -0.05) is 18.2 Å². The van der Waals surface area contributed by atoms with Crippen LogP contribution in [0.5, 0.6) is 0 Å². The average Bonchev–Trinajstić information content (AvgIpc) is 3.01. The molecule has 0 unspecified atom stereocenters. The first-order valence-corrected chi connectivity index (χ1v) is 7.80. The molecule has 0 aliphatic rings. The lowest BCUT2D eigenvalue weighted by atomic mass is 10.0. The molecule has 3 rings (SSSR count). The van der Waals surface area contributed by atoms with E-state index in [9.17, 15) is 13.2 Å². The SMILES string of the molecule is Cc1ccc(N)cc1C(F)(F)c1ccc(-c2ccc(F)cc2)s1. The molecule has 118 valence electrons. The van der Waals surface area contributed by atoms with Crippen LogP contribution in [0.25, 0.3) is 10.4 Å². The molecule has 1 heterocycles. The predicted molar refractivity (Wildman–Crippen MR) is 88.3 cm³/mol. The normalized spacial score (nSPS) is 11.7. The molecule has 0 bridgehead atoms. The standard InChI is InChI=1S/C18H14F3NS/c1-11-2-7-14(22)10-15(11)18(20,21)17-9-8-16(23-17)12-3-5-13(19)6-4-12/h2-10H,22H2,1H3. The van der Waals surface area contributed by atoms with Crippen LogP contribution in [0, 0.1) is 12.7 Å². The van der Waals surface area contributed by atoms with Gasteiger partial charge >= 0.3 is 5.92 Å². The van der Waals surface area contributed by atoms with Gasteiger partial charge in [0, 0.05) is 16.1 Å². The van der Waals surface area contributed by atoms with Gasteiger partial charge in [-0.15, -0.1) is 11.3 Å². The maximum Gasteiger partial charge on any atom is 0.307 e. The maximum absolute atomic E-state index is 14.8. The van der Waals surface area contributed by atoms with E-state index in [4.69, 9.17) is 5.73 Å². The molecule has 2 aromatic carbocycles. The highest BCUT2D eigenvalue weighted by Crippen LogP contribution is 2.43. The topological polar surface area (TPSA) is 26.0 Å². The largest absolute Gasteiger partial charge is 0.399 e. The third-order valence-electron chi connectivity index (χ3n) is 3.64. The molecule has 0 aliphatic carbocycles. The molecule has 2 N–H and O–H groups in total. The number of rotatable bonds is 3. The number of aryl methyl sites for hydroxylation is 1. The van der Waals surface area contributed by atoms with E-state index in [0.29, 0.717) is 21.7 Å². The van der Waals surface area contributed by atoms with E-state index in [-0.39, 0.29) is 16.3 Å². The predicted octanol–water partition coefficient (Wildman–Crippen LogP) is 5.58. The van der Waals surface area contributed by atoms with Crippen LogP contribution >= 0.6 is 11.3 Å². The lowest BCUT2D eigenvalue weighted by molar-refractivity contribution is 0.0463. The highest BCUT2D eigenvalue weighted by Gasteiger charge is 2.37. The van der Waals surface area contributed by atoms with Gasteiger partial charge in [0.2, 0.25) is 0 Å². The van der Waals surface area contributed by atoms with Crippen molar-refractivity contribution in [1.29, 1.82) is 0 Å². The molecule has 0 amide bonds. The minimum atomic E-state index is -3.12. The number of nitrogens with two attached hydrogens (primary N) is 1. The number of benzene rings is 2. The number of thiophene rings is 1. The zero-order valence-corrected chi connectivity index (χ0v) is 13.1. The quantitative estimate of drug-likeness (QED) is 0.622. The van der Waals surface area contributed by atoms with Crippen LogP contribution in [0.1, 0.15) is 16.0 Å². The van der Waals surface area contributed by atoms with Crippen molar-refractivity contribution in [3.05, 3.63) is 76.4 Å². The first kappa shape index (κ1) is 15.6.